The predicted octanol–water partition coefficient (Wildman–Crippen LogP) is 13.5. The third-order valence-corrected chi connectivity index (χ3v) is 13.9. The number of fused-ring (bicyclic) bond motifs is 9. The molecule has 0 radical (unpaired) electrons. The van der Waals surface area contributed by atoms with Crippen molar-refractivity contribution in [3.63, 3.8) is 0 Å². The van der Waals surface area contributed by atoms with Gasteiger partial charge in [0.2, 0.25) is 0 Å². The summed E-state index contributed by atoms with van der Waals surface area (Å²) >= 11 is 3.71. The first-order valence-electron chi connectivity index (χ1n) is 19.3. The first kappa shape index (κ1) is 32.7. The summed E-state index contributed by atoms with van der Waals surface area (Å²) in [6.45, 7) is 0. The Morgan fingerprint density at radius 1 is 0.456 bits per heavy atom. The largest absolute Gasteiger partial charge is 0.350 e. The van der Waals surface area contributed by atoms with Gasteiger partial charge >= 0.3 is 0 Å². The summed E-state index contributed by atoms with van der Waals surface area (Å²) in [5, 5.41) is 15.2. The molecule has 4 nitrogen and oxygen atoms in total. The minimum atomic E-state index is -0.176. The fourth-order valence-electron chi connectivity index (χ4n) is 8.77. The van der Waals surface area contributed by atoms with Gasteiger partial charge in [-0.15, -0.1) is 22.7 Å². The predicted molar refractivity (Wildman–Crippen MR) is 243 cm³/mol. The number of rotatable bonds is 5. The van der Waals surface area contributed by atoms with E-state index in [1.54, 1.807) is 0 Å². The lowest BCUT2D eigenvalue weighted by Gasteiger charge is -2.32. The zero-order valence-electron chi connectivity index (χ0n) is 30.7. The molecule has 270 valence electrons. The van der Waals surface area contributed by atoms with Crippen LogP contribution in [0.15, 0.2) is 187 Å². The smallest absolute Gasteiger partial charge is 0.133 e. The summed E-state index contributed by atoms with van der Waals surface area (Å²) < 4.78 is 7.53. The van der Waals surface area contributed by atoms with Crippen LogP contribution in [0.1, 0.15) is 29.0 Å². The quantitative estimate of drug-likeness (QED) is 0.183. The number of para-hydroxylation sites is 2. The zero-order valence-corrected chi connectivity index (χ0v) is 32.3. The maximum atomic E-state index is 5.28. The van der Waals surface area contributed by atoms with E-state index < -0.39 is 0 Å². The Labute approximate surface area is 337 Å². The van der Waals surface area contributed by atoms with Gasteiger partial charge in [-0.05, 0) is 82.9 Å². The molecule has 8 aromatic carbocycles. The lowest BCUT2D eigenvalue weighted by Crippen LogP contribution is -2.44. The van der Waals surface area contributed by atoms with Gasteiger partial charge in [0.25, 0.3) is 0 Å². The number of hydrogen-bond donors (Lipinski definition) is 2. The molecular formula is C51H34N4S2. The van der Waals surface area contributed by atoms with Crippen LogP contribution < -0.4 is 10.6 Å². The summed E-state index contributed by atoms with van der Waals surface area (Å²) in [6.07, 6.45) is -0.258. The van der Waals surface area contributed by atoms with Gasteiger partial charge in [0.05, 0.1) is 11.0 Å². The second-order valence-corrected chi connectivity index (χ2v) is 16.9. The monoisotopic (exact) mass is 766 g/mol. The lowest BCUT2D eigenvalue weighted by atomic mass is 10.00. The van der Waals surface area contributed by atoms with Crippen LogP contribution in [0, 0.1) is 0 Å². The van der Waals surface area contributed by atoms with Crippen molar-refractivity contribution in [3.05, 3.63) is 199 Å². The molecule has 4 heterocycles. The standard InChI is InChI=1S/C51H34N4S2/c1-3-12-31(13-4-1)49-52-50(32-14-5-2-6-15-32)54-51(53-49)39-19-11-18-38-40-28-33(23-26-47(40)57-48(38)39)34-22-25-45-41(29-34)42-30-35(24-27-46(42)56-45)55-43-20-9-7-16-36(43)37-17-8-10-21-44(37)55/h1-30,49-50,52H,(H,53,54). The second-order valence-electron chi connectivity index (χ2n) is 14.8. The Balaban J connectivity index is 0.958. The van der Waals surface area contributed by atoms with Gasteiger partial charge in [0.15, 0.2) is 0 Å². The van der Waals surface area contributed by atoms with Crippen LogP contribution in [0.25, 0.3) is 79.0 Å². The number of benzene rings is 8. The molecule has 0 aliphatic carbocycles. The Bertz CT molecular complexity index is 3320. The topological polar surface area (TPSA) is 41.4 Å². The van der Waals surface area contributed by atoms with Crippen LogP contribution in [-0.2, 0) is 0 Å². The summed E-state index contributed by atoms with van der Waals surface area (Å²) in [5.74, 6) is 0.906. The number of aliphatic imine (C=N–C) groups is 1. The number of nitrogens with zero attached hydrogens (tertiary/aromatic N) is 2. The van der Waals surface area contributed by atoms with Crippen LogP contribution in [-0.4, -0.2) is 10.4 Å². The molecule has 57 heavy (non-hydrogen) atoms. The van der Waals surface area contributed by atoms with E-state index in [2.05, 4.69) is 197 Å². The van der Waals surface area contributed by atoms with E-state index in [1.165, 1.54) is 84.5 Å². The molecule has 0 amide bonds. The van der Waals surface area contributed by atoms with Crippen molar-refractivity contribution in [1.82, 2.24) is 15.2 Å². The molecule has 2 N–H and O–H groups in total. The van der Waals surface area contributed by atoms with Crippen LogP contribution in [0.2, 0.25) is 0 Å². The molecule has 2 atom stereocenters. The van der Waals surface area contributed by atoms with Gasteiger partial charge in [-0.3, -0.25) is 5.32 Å². The highest BCUT2D eigenvalue weighted by molar-refractivity contribution is 7.26. The van der Waals surface area contributed by atoms with Gasteiger partial charge in [0.1, 0.15) is 18.2 Å². The first-order chi connectivity index (χ1) is 28.2. The van der Waals surface area contributed by atoms with Gasteiger partial charge < -0.3 is 9.88 Å². The fourth-order valence-corrected chi connectivity index (χ4v) is 11.0. The summed E-state index contributed by atoms with van der Waals surface area (Å²) in [6, 6.07) is 66.1. The van der Waals surface area contributed by atoms with Crippen LogP contribution in [0.5, 0.6) is 0 Å². The van der Waals surface area contributed by atoms with Gasteiger partial charge in [-0.2, -0.15) is 0 Å². The van der Waals surface area contributed by atoms with Crippen LogP contribution in [0.4, 0.5) is 0 Å². The Hall–Kier alpha value is -6.57. The van der Waals surface area contributed by atoms with Crippen molar-refractivity contribution in [1.29, 1.82) is 0 Å². The first-order valence-corrected chi connectivity index (χ1v) is 21.0. The summed E-state index contributed by atoms with van der Waals surface area (Å²) in [4.78, 5) is 5.28. The van der Waals surface area contributed by atoms with Crippen molar-refractivity contribution in [3.8, 4) is 16.8 Å². The molecule has 0 bridgehead atoms. The molecule has 1 aliphatic heterocycles. The average molecular weight is 767 g/mol. The molecule has 1 aliphatic rings. The van der Waals surface area contributed by atoms with E-state index >= 15 is 0 Å². The van der Waals surface area contributed by atoms with E-state index in [9.17, 15) is 0 Å². The molecule has 0 saturated carbocycles. The number of aromatic nitrogens is 1. The van der Waals surface area contributed by atoms with E-state index in [4.69, 9.17) is 4.99 Å². The van der Waals surface area contributed by atoms with Crippen molar-refractivity contribution in [2.24, 2.45) is 4.99 Å². The number of hydrogen-bond acceptors (Lipinski definition) is 5. The highest BCUT2D eigenvalue weighted by atomic mass is 32.1. The highest BCUT2D eigenvalue weighted by Gasteiger charge is 2.27. The maximum absolute atomic E-state index is 5.28. The second kappa shape index (κ2) is 13.0. The van der Waals surface area contributed by atoms with E-state index in [0.29, 0.717) is 0 Å². The number of amidine groups is 1. The van der Waals surface area contributed by atoms with Gasteiger partial charge in [-0.25, -0.2) is 4.99 Å². The zero-order chi connectivity index (χ0) is 37.5. The normalized spacial score (nSPS) is 15.9. The maximum Gasteiger partial charge on any atom is 0.133 e. The van der Waals surface area contributed by atoms with Crippen LogP contribution >= 0.6 is 22.7 Å². The molecule has 2 unspecified atom stereocenters. The SMILES string of the molecule is c1ccc(C2N=C(c3cccc4c3sc3ccc(-c5ccc6sc7ccc(-n8c9ccccc9c9ccccc98)cc7c6c5)cc34)NC(c3ccccc3)N2)cc1. The fraction of sp³-hybridized carbons (Fsp3) is 0.0392. The molecule has 12 rings (SSSR count). The number of thiophene rings is 2. The van der Waals surface area contributed by atoms with Gasteiger partial charge in [0, 0.05) is 62.4 Å². The highest BCUT2D eigenvalue weighted by Crippen LogP contribution is 2.42. The van der Waals surface area contributed by atoms with Crippen molar-refractivity contribution in [2.45, 2.75) is 12.3 Å². The molecule has 11 aromatic rings. The Morgan fingerprint density at radius 2 is 1.02 bits per heavy atom. The molecule has 0 spiro atoms. The minimum Gasteiger partial charge on any atom is -0.350 e. The molecule has 0 fully saturated rings. The van der Waals surface area contributed by atoms with E-state index in [0.717, 1.165) is 17.0 Å². The van der Waals surface area contributed by atoms with Gasteiger partial charge in [-0.1, -0.05) is 121 Å². The van der Waals surface area contributed by atoms with Crippen LogP contribution in [0.3, 0.4) is 0 Å². The minimum absolute atomic E-state index is 0.0821. The third kappa shape index (κ3) is 5.33. The average Bonchev–Trinajstić information content (AvgIpc) is 3.95. The van der Waals surface area contributed by atoms with E-state index in [1.807, 2.05) is 22.7 Å². The van der Waals surface area contributed by atoms with Crippen molar-refractivity contribution < 1.29 is 0 Å². The third-order valence-electron chi connectivity index (χ3n) is 11.5. The van der Waals surface area contributed by atoms with E-state index in [-0.39, 0.29) is 12.3 Å². The lowest BCUT2D eigenvalue weighted by molar-refractivity contribution is 0.409. The molecule has 3 aromatic heterocycles. The Morgan fingerprint density at radius 3 is 1.72 bits per heavy atom. The summed E-state index contributed by atoms with van der Waals surface area (Å²) in [5.41, 5.74) is 9.54. The molecule has 6 heteroatoms. The Kier molecular flexibility index (Phi) is 7.45. The molecular weight excluding hydrogens is 733 g/mol. The molecule has 0 saturated heterocycles. The summed E-state index contributed by atoms with van der Waals surface area (Å²) in [7, 11) is 0. The number of nitrogens with one attached hydrogen (secondary N) is 2. The van der Waals surface area contributed by atoms with Crippen molar-refractivity contribution in [2.75, 3.05) is 0 Å². The van der Waals surface area contributed by atoms with Crippen molar-refractivity contribution >= 4 is 90.7 Å².